The Morgan fingerprint density at radius 1 is 1.75 bits per heavy atom. The first-order valence-electron chi connectivity index (χ1n) is 4.74. The Labute approximate surface area is 98.9 Å². The number of hydrogen-bond acceptors (Lipinski definition) is 3. The van der Waals surface area contributed by atoms with E-state index in [1.54, 1.807) is 6.08 Å². The fraction of sp³-hybridized carbons (Fsp3) is 0.273. The topological polar surface area (TPSA) is 46.9 Å². The van der Waals surface area contributed by atoms with Gasteiger partial charge in [0.1, 0.15) is 5.02 Å². The van der Waals surface area contributed by atoms with E-state index in [9.17, 15) is 4.79 Å². The predicted molar refractivity (Wildman–Crippen MR) is 65.6 cm³/mol. The van der Waals surface area contributed by atoms with E-state index in [-0.39, 0.29) is 10.6 Å². The molecule has 1 N–H and O–H groups in total. The first kappa shape index (κ1) is 12.3. The summed E-state index contributed by atoms with van der Waals surface area (Å²) < 4.78 is 1.24. The highest BCUT2D eigenvalue weighted by Crippen LogP contribution is 2.14. The SMILES string of the molecule is C#CCCNc1cnn(CC=C)c(=O)c1Cl. The molecule has 0 unspecified atom stereocenters. The maximum atomic E-state index is 11.7. The van der Waals surface area contributed by atoms with Crippen molar-refractivity contribution in [1.29, 1.82) is 0 Å². The monoisotopic (exact) mass is 237 g/mol. The molecule has 0 aliphatic carbocycles. The molecule has 84 valence electrons. The number of nitrogens with zero attached hydrogens (tertiary/aromatic N) is 2. The molecule has 1 aromatic heterocycles. The van der Waals surface area contributed by atoms with Crippen LogP contribution in [-0.2, 0) is 6.54 Å². The molecule has 0 radical (unpaired) electrons. The van der Waals surface area contributed by atoms with E-state index in [4.69, 9.17) is 18.0 Å². The van der Waals surface area contributed by atoms with E-state index in [1.807, 2.05) is 0 Å². The zero-order valence-electron chi connectivity index (χ0n) is 8.74. The lowest BCUT2D eigenvalue weighted by molar-refractivity contribution is 0.653. The molecule has 16 heavy (non-hydrogen) atoms. The Morgan fingerprint density at radius 2 is 2.50 bits per heavy atom. The molecule has 0 aromatic carbocycles. The summed E-state index contributed by atoms with van der Waals surface area (Å²) in [7, 11) is 0. The van der Waals surface area contributed by atoms with Gasteiger partial charge in [0.15, 0.2) is 0 Å². The third kappa shape index (κ3) is 2.88. The molecule has 1 heterocycles. The highest BCUT2D eigenvalue weighted by molar-refractivity contribution is 6.32. The molecule has 0 spiro atoms. The van der Waals surface area contributed by atoms with Crippen LogP contribution in [0.4, 0.5) is 5.69 Å². The zero-order chi connectivity index (χ0) is 12.0. The predicted octanol–water partition coefficient (Wildman–Crippen LogP) is 1.52. The van der Waals surface area contributed by atoms with Crippen LogP contribution in [-0.4, -0.2) is 16.3 Å². The molecule has 4 nitrogen and oxygen atoms in total. The molecule has 0 saturated heterocycles. The Morgan fingerprint density at radius 3 is 3.12 bits per heavy atom. The Bertz CT molecular complexity index is 473. The summed E-state index contributed by atoms with van der Waals surface area (Å²) >= 11 is 5.89. The van der Waals surface area contributed by atoms with E-state index in [0.717, 1.165) is 0 Å². The molecule has 1 rings (SSSR count). The Balaban J connectivity index is 2.90. The summed E-state index contributed by atoms with van der Waals surface area (Å²) in [6, 6.07) is 0. The number of terminal acetylenes is 1. The lowest BCUT2D eigenvalue weighted by Crippen LogP contribution is -2.23. The van der Waals surface area contributed by atoms with Gasteiger partial charge in [0.05, 0.1) is 18.4 Å². The van der Waals surface area contributed by atoms with E-state index in [2.05, 4.69) is 22.9 Å². The van der Waals surface area contributed by atoms with Crippen LogP contribution in [0.5, 0.6) is 0 Å². The summed E-state index contributed by atoms with van der Waals surface area (Å²) in [6.45, 7) is 4.42. The maximum Gasteiger partial charge on any atom is 0.287 e. The Hall–Kier alpha value is -1.73. The normalized spacial score (nSPS) is 9.50. The molecule has 0 atom stereocenters. The molecule has 0 aliphatic rings. The summed E-state index contributed by atoms with van der Waals surface area (Å²) in [5.41, 5.74) is 0.162. The van der Waals surface area contributed by atoms with Gasteiger partial charge in [-0.05, 0) is 0 Å². The van der Waals surface area contributed by atoms with Gasteiger partial charge in [0.25, 0.3) is 5.56 Å². The second-order valence-electron chi connectivity index (χ2n) is 3.03. The number of aromatic nitrogens is 2. The lowest BCUT2D eigenvalue weighted by Gasteiger charge is -2.07. The smallest absolute Gasteiger partial charge is 0.287 e. The number of rotatable bonds is 5. The minimum Gasteiger partial charge on any atom is -0.381 e. The number of nitrogens with one attached hydrogen (secondary N) is 1. The van der Waals surface area contributed by atoms with Crippen LogP contribution < -0.4 is 10.9 Å². The van der Waals surface area contributed by atoms with Crippen LogP contribution in [0.25, 0.3) is 0 Å². The first-order valence-corrected chi connectivity index (χ1v) is 5.12. The van der Waals surface area contributed by atoms with Gasteiger partial charge in [-0.15, -0.1) is 18.9 Å². The minimum absolute atomic E-state index is 0.119. The van der Waals surface area contributed by atoms with Crippen molar-refractivity contribution >= 4 is 17.3 Å². The van der Waals surface area contributed by atoms with Gasteiger partial charge in [-0.1, -0.05) is 17.7 Å². The second-order valence-corrected chi connectivity index (χ2v) is 3.41. The average molecular weight is 238 g/mol. The number of halogens is 1. The van der Waals surface area contributed by atoms with Crippen molar-refractivity contribution < 1.29 is 0 Å². The number of hydrogen-bond donors (Lipinski definition) is 1. The maximum absolute atomic E-state index is 11.7. The van der Waals surface area contributed by atoms with Gasteiger partial charge >= 0.3 is 0 Å². The molecule has 5 heteroatoms. The third-order valence-corrected chi connectivity index (χ3v) is 2.24. The zero-order valence-corrected chi connectivity index (χ0v) is 9.50. The van der Waals surface area contributed by atoms with Crippen molar-refractivity contribution in [2.75, 3.05) is 11.9 Å². The third-order valence-electron chi connectivity index (χ3n) is 1.87. The van der Waals surface area contributed by atoms with Crippen molar-refractivity contribution in [3.05, 3.63) is 34.2 Å². The van der Waals surface area contributed by atoms with Crippen LogP contribution in [0, 0.1) is 12.3 Å². The van der Waals surface area contributed by atoms with Crippen LogP contribution in [0.3, 0.4) is 0 Å². The van der Waals surface area contributed by atoms with Crippen LogP contribution in [0.2, 0.25) is 5.02 Å². The van der Waals surface area contributed by atoms with Gasteiger partial charge in [-0.3, -0.25) is 4.79 Å². The summed E-state index contributed by atoms with van der Waals surface area (Å²) in [5.74, 6) is 2.48. The molecule has 0 bridgehead atoms. The quantitative estimate of drug-likeness (QED) is 0.480. The summed E-state index contributed by atoms with van der Waals surface area (Å²) in [5, 5.41) is 7.01. The second kappa shape index (κ2) is 5.99. The van der Waals surface area contributed by atoms with Gasteiger partial charge < -0.3 is 5.32 Å². The molecule has 0 fully saturated rings. The van der Waals surface area contributed by atoms with Gasteiger partial charge in [0.2, 0.25) is 0 Å². The highest BCUT2D eigenvalue weighted by Gasteiger charge is 2.07. The lowest BCUT2D eigenvalue weighted by atomic mass is 10.4. The van der Waals surface area contributed by atoms with Crippen molar-refractivity contribution in [2.45, 2.75) is 13.0 Å². The number of allylic oxidation sites excluding steroid dienone is 1. The van der Waals surface area contributed by atoms with Gasteiger partial charge in [-0.25, -0.2) is 4.68 Å². The van der Waals surface area contributed by atoms with Crippen molar-refractivity contribution in [3.63, 3.8) is 0 Å². The van der Waals surface area contributed by atoms with E-state index in [1.165, 1.54) is 10.9 Å². The number of anilines is 1. The fourth-order valence-corrected chi connectivity index (χ4v) is 1.32. The van der Waals surface area contributed by atoms with Crippen LogP contribution in [0.15, 0.2) is 23.6 Å². The van der Waals surface area contributed by atoms with Crippen molar-refractivity contribution in [2.24, 2.45) is 0 Å². The molecule has 1 aromatic rings. The van der Waals surface area contributed by atoms with Crippen molar-refractivity contribution in [3.8, 4) is 12.3 Å². The molecule has 0 aliphatic heterocycles. The molecular formula is C11H12ClN3O. The molecule has 0 amide bonds. The standard InChI is InChI=1S/C11H12ClN3O/c1-3-5-6-13-9-8-14-15(7-4-2)11(16)10(9)12/h1,4,8,13H,2,5-7H2. The Kier molecular flexibility index (Phi) is 4.62. The fourth-order valence-electron chi connectivity index (χ4n) is 1.11. The van der Waals surface area contributed by atoms with E-state index >= 15 is 0 Å². The van der Waals surface area contributed by atoms with Crippen LogP contribution in [0.1, 0.15) is 6.42 Å². The van der Waals surface area contributed by atoms with Gasteiger partial charge in [0, 0.05) is 13.0 Å². The first-order chi connectivity index (χ1) is 7.70. The highest BCUT2D eigenvalue weighted by atomic mass is 35.5. The average Bonchev–Trinajstić information content (AvgIpc) is 2.28. The minimum atomic E-state index is -0.340. The largest absolute Gasteiger partial charge is 0.381 e. The summed E-state index contributed by atoms with van der Waals surface area (Å²) in [6.07, 6.45) is 8.75. The van der Waals surface area contributed by atoms with Crippen molar-refractivity contribution in [1.82, 2.24) is 9.78 Å². The molecular weight excluding hydrogens is 226 g/mol. The van der Waals surface area contributed by atoms with Crippen LogP contribution >= 0.6 is 11.6 Å². The van der Waals surface area contributed by atoms with Gasteiger partial charge in [-0.2, -0.15) is 5.10 Å². The summed E-state index contributed by atoms with van der Waals surface area (Å²) in [4.78, 5) is 11.7. The molecule has 0 saturated carbocycles. The van der Waals surface area contributed by atoms with E-state index < -0.39 is 0 Å². The van der Waals surface area contributed by atoms with E-state index in [0.29, 0.717) is 25.2 Å².